The first-order valence-corrected chi connectivity index (χ1v) is 5.64. The highest BCUT2D eigenvalue weighted by molar-refractivity contribution is 5.44. The predicted molar refractivity (Wildman–Crippen MR) is 69.5 cm³/mol. The zero-order valence-electron chi connectivity index (χ0n) is 9.74. The van der Waals surface area contributed by atoms with E-state index in [1.807, 2.05) is 30.3 Å². The Morgan fingerprint density at radius 1 is 1.22 bits per heavy atom. The number of pyridine rings is 1. The summed E-state index contributed by atoms with van der Waals surface area (Å²) < 4.78 is 0. The molecule has 0 radical (unpaired) electrons. The highest BCUT2D eigenvalue weighted by Crippen LogP contribution is 2.14. The molecule has 1 N–H and O–H groups in total. The Labute approximate surface area is 105 Å². The van der Waals surface area contributed by atoms with Gasteiger partial charge in [0.25, 0.3) is 5.69 Å². The fourth-order valence-corrected chi connectivity index (χ4v) is 1.61. The molecule has 0 aliphatic carbocycles. The lowest BCUT2D eigenvalue weighted by atomic mass is 10.1. The number of benzene rings is 1. The molecule has 0 aliphatic heterocycles. The Bertz CT molecular complexity index is 529. The maximum absolute atomic E-state index is 10.6. The Hall–Kier alpha value is -2.43. The van der Waals surface area contributed by atoms with Crippen LogP contribution < -0.4 is 5.32 Å². The van der Waals surface area contributed by atoms with Crippen LogP contribution in [0.5, 0.6) is 0 Å². The second kappa shape index (κ2) is 5.77. The van der Waals surface area contributed by atoms with E-state index in [1.165, 1.54) is 23.9 Å². The molecule has 1 aromatic carbocycles. The number of anilines is 1. The van der Waals surface area contributed by atoms with E-state index in [2.05, 4.69) is 10.3 Å². The van der Waals surface area contributed by atoms with Crippen LogP contribution >= 0.6 is 0 Å². The number of nitrogens with one attached hydrogen (secondary N) is 1. The molecule has 0 spiro atoms. The summed E-state index contributed by atoms with van der Waals surface area (Å²) in [5, 5.41) is 13.7. The Balaban J connectivity index is 1.90. The number of hydrogen-bond donors (Lipinski definition) is 1. The molecule has 0 aliphatic rings. The van der Waals surface area contributed by atoms with Gasteiger partial charge in [0.1, 0.15) is 5.82 Å². The van der Waals surface area contributed by atoms with Crippen LogP contribution in [-0.4, -0.2) is 16.5 Å². The van der Waals surface area contributed by atoms with Crippen LogP contribution in [0.4, 0.5) is 11.5 Å². The van der Waals surface area contributed by atoms with Crippen molar-refractivity contribution in [3.05, 3.63) is 64.3 Å². The Kier molecular flexibility index (Phi) is 3.86. The normalized spacial score (nSPS) is 10.0. The second-order valence-corrected chi connectivity index (χ2v) is 3.82. The largest absolute Gasteiger partial charge is 0.370 e. The average Bonchev–Trinajstić information content (AvgIpc) is 2.40. The maximum atomic E-state index is 10.6. The number of nitro groups is 1. The number of nitrogens with zero attached hydrogens (tertiary/aromatic N) is 2. The summed E-state index contributed by atoms with van der Waals surface area (Å²) in [6.45, 7) is 0.693. The predicted octanol–water partition coefficient (Wildman–Crippen LogP) is 2.64. The lowest BCUT2D eigenvalue weighted by Gasteiger charge is -2.05. The van der Waals surface area contributed by atoms with Crippen LogP contribution in [0.25, 0.3) is 0 Å². The summed E-state index contributed by atoms with van der Waals surface area (Å²) in [6, 6.07) is 12.8. The van der Waals surface area contributed by atoms with E-state index in [0.29, 0.717) is 12.4 Å². The summed E-state index contributed by atoms with van der Waals surface area (Å²) in [7, 11) is 0. The molecule has 5 nitrogen and oxygen atoms in total. The molecule has 0 atom stereocenters. The van der Waals surface area contributed by atoms with Crippen LogP contribution in [-0.2, 0) is 6.42 Å². The molecule has 0 bridgehead atoms. The van der Waals surface area contributed by atoms with Gasteiger partial charge in [0.15, 0.2) is 0 Å². The number of aromatic nitrogens is 1. The van der Waals surface area contributed by atoms with Crippen molar-refractivity contribution in [1.82, 2.24) is 4.98 Å². The summed E-state index contributed by atoms with van der Waals surface area (Å²) in [6.07, 6.45) is 2.29. The summed E-state index contributed by atoms with van der Waals surface area (Å²) in [5.41, 5.74) is 1.27. The van der Waals surface area contributed by atoms with Crippen LogP contribution in [0, 0.1) is 10.1 Å². The fourth-order valence-electron chi connectivity index (χ4n) is 1.61. The molecule has 0 fully saturated rings. The van der Waals surface area contributed by atoms with Gasteiger partial charge in [-0.1, -0.05) is 30.3 Å². The van der Waals surface area contributed by atoms with Crippen molar-refractivity contribution in [1.29, 1.82) is 0 Å². The van der Waals surface area contributed by atoms with Gasteiger partial charge in [-0.05, 0) is 12.0 Å². The lowest BCUT2D eigenvalue weighted by Crippen LogP contribution is -2.06. The van der Waals surface area contributed by atoms with E-state index in [0.717, 1.165) is 6.42 Å². The first-order valence-electron chi connectivity index (χ1n) is 5.64. The first-order chi connectivity index (χ1) is 8.75. The van der Waals surface area contributed by atoms with Gasteiger partial charge >= 0.3 is 0 Å². The SMILES string of the molecule is O=[N+]([O-])c1ccnc(NCCc2ccccc2)c1. The molecule has 1 aromatic heterocycles. The molecule has 0 unspecified atom stereocenters. The maximum Gasteiger partial charge on any atom is 0.274 e. The van der Waals surface area contributed by atoms with Crippen molar-refractivity contribution in [2.24, 2.45) is 0 Å². The fraction of sp³-hybridized carbons (Fsp3) is 0.154. The molecule has 0 saturated heterocycles. The molecule has 0 saturated carbocycles. The van der Waals surface area contributed by atoms with Crippen molar-refractivity contribution in [3.63, 3.8) is 0 Å². The van der Waals surface area contributed by atoms with Gasteiger partial charge in [-0.2, -0.15) is 0 Å². The van der Waals surface area contributed by atoms with Gasteiger partial charge in [0.2, 0.25) is 0 Å². The third-order valence-corrected chi connectivity index (χ3v) is 2.52. The van der Waals surface area contributed by atoms with Crippen molar-refractivity contribution in [2.45, 2.75) is 6.42 Å². The van der Waals surface area contributed by atoms with Crippen molar-refractivity contribution in [3.8, 4) is 0 Å². The van der Waals surface area contributed by atoms with E-state index in [-0.39, 0.29) is 5.69 Å². The molecular weight excluding hydrogens is 230 g/mol. The summed E-state index contributed by atoms with van der Waals surface area (Å²) in [5.74, 6) is 0.528. The lowest BCUT2D eigenvalue weighted by molar-refractivity contribution is -0.384. The smallest absolute Gasteiger partial charge is 0.274 e. The van der Waals surface area contributed by atoms with Crippen molar-refractivity contribution in [2.75, 3.05) is 11.9 Å². The molecule has 0 amide bonds. The third kappa shape index (κ3) is 3.28. The van der Waals surface area contributed by atoms with E-state index < -0.39 is 4.92 Å². The van der Waals surface area contributed by atoms with Gasteiger partial charge in [0, 0.05) is 18.8 Å². The van der Waals surface area contributed by atoms with Crippen LogP contribution in [0.1, 0.15) is 5.56 Å². The summed E-state index contributed by atoms with van der Waals surface area (Å²) in [4.78, 5) is 14.2. The number of hydrogen-bond acceptors (Lipinski definition) is 4. The zero-order valence-corrected chi connectivity index (χ0v) is 9.74. The first kappa shape index (κ1) is 12.0. The topological polar surface area (TPSA) is 68.1 Å². The standard InChI is InChI=1S/C13H13N3O2/c17-16(18)12-7-9-15-13(10-12)14-8-6-11-4-2-1-3-5-11/h1-5,7,9-10H,6,8H2,(H,14,15). The average molecular weight is 243 g/mol. The van der Waals surface area contributed by atoms with Crippen LogP contribution in [0.15, 0.2) is 48.7 Å². The van der Waals surface area contributed by atoms with E-state index in [9.17, 15) is 10.1 Å². The molecule has 2 aromatic rings. The van der Waals surface area contributed by atoms with E-state index >= 15 is 0 Å². The van der Waals surface area contributed by atoms with Crippen LogP contribution in [0.2, 0.25) is 0 Å². The van der Waals surface area contributed by atoms with Gasteiger partial charge in [0.05, 0.1) is 11.0 Å². The Morgan fingerprint density at radius 3 is 2.72 bits per heavy atom. The van der Waals surface area contributed by atoms with Crippen LogP contribution in [0.3, 0.4) is 0 Å². The van der Waals surface area contributed by atoms with E-state index in [1.54, 1.807) is 0 Å². The Morgan fingerprint density at radius 2 is 2.00 bits per heavy atom. The van der Waals surface area contributed by atoms with Crippen molar-refractivity contribution < 1.29 is 4.92 Å². The minimum Gasteiger partial charge on any atom is -0.370 e. The molecule has 92 valence electrons. The molecule has 2 rings (SSSR count). The van der Waals surface area contributed by atoms with Gasteiger partial charge in [-0.3, -0.25) is 10.1 Å². The number of rotatable bonds is 5. The van der Waals surface area contributed by atoms with Crippen molar-refractivity contribution >= 4 is 11.5 Å². The molecule has 5 heteroatoms. The van der Waals surface area contributed by atoms with Gasteiger partial charge in [-0.25, -0.2) is 4.98 Å². The monoisotopic (exact) mass is 243 g/mol. The molecular formula is C13H13N3O2. The van der Waals surface area contributed by atoms with Gasteiger partial charge in [-0.15, -0.1) is 0 Å². The van der Waals surface area contributed by atoms with E-state index in [4.69, 9.17) is 0 Å². The molecule has 18 heavy (non-hydrogen) atoms. The second-order valence-electron chi connectivity index (χ2n) is 3.82. The quantitative estimate of drug-likeness (QED) is 0.647. The van der Waals surface area contributed by atoms with Gasteiger partial charge < -0.3 is 5.32 Å². The zero-order chi connectivity index (χ0) is 12.8. The minimum absolute atomic E-state index is 0.0483. The minimum atomic E-state index is -0.427. The third-order valence-electron chi connectivity index (χ3n) is 2.52. The highest BCUT2D eigenvalue weighted by atomic mass is 16.6. The molecule has 1 heterocycles. The summed E-state index contributed by atoms with van der Waals surface area (Å²) >= 11 is 0. The highest BCUT2D eigenvalue weighted by Gasteiger charge is 2.05.